The van der Waals surface area contributed by atoms with Crippen molar-refractivity contribution in [2.75, 3.05) is 12.3 Å². The van der Waals surface area contributed by atoms with Gasteiger partial charge >= 0.3 is 0 Å². The summed E-state index contributed by atoms with van der Waals surface area (Å²) in [5, 5.41) is 9.82. The molecule has 104 valence electrons. The molecule has 5 heteroatoms. The average Bonchev–Trinajstić information content (AvgIpc) is 2.26. The minimum Gasteiger partial charge on any atom is -0.391 e. The third kappa shape index (κ3) is 7.73. The zero-order valence-electron chi connectivity index (χ0n) is 11.4. The van der Waals surface area contributed by atoms with E-state index in [2.05, 4.69) is 4.72 Å². The Labute approximate surface area is 106 Å². The molecular formula is C12H27NO3S. The van der Waals surface area contributed by atoms with E-state index in [4.69, 9.17) is 0 Å². The lowest BCUT2D eigenvalue weighted by Gasteiger charge is -2.20. The summed E-state index contributed by atoms with van der Waals surface area (Å²) in [6.07, 6.45) is 1.80. The van der Waals surface area contributed by atoms with Crippen LogP contribution in [0.15, 0.2) is 0 Å². The summed E-state index contributed by atoms with van der Waals surface area (Å²) in [7, 11) is -3.23. The van der Waals surface area contributed by atoms with E-state index in [0.717, 1.165) is 12.8 Å². The van der Waals surface area contributed by atoms with E-state index in [1.54, 1.807) is 0 Å². The van der Waals surface area contributed by atoms with Crippen LogP contribution in [0.2, 0.25) is 0 Å². The van der Waals surface area contributed by atoms with Crippen LogP contribution in [-0.2, 0) is 10.0 Å². The zero-order chi connectivity index (χ0) is 13.5. The third-order valence-corrected chi connectivity index (χ3v) is 4.45. The molecular weight excluding hydrogens is 238 g/mol. The first kappa shape index (κ1) is 16.9. The Morgan fingerprint density at radius 3 is 2.12 bits per heavy atom. The van der Waals surface area contributed by atoms with E-state index in [-0.39, 0.29) is 18.2 Å². The van der Waals surface area contributed by atoms with Gasteiger partial charge in [-0.25, -0.2) is 13.1 Å². The van der Waals surface area contributed by atoms with Gasteiger partial charge in [0.05, 0.1) is 11.9 Å². The van der Waals surface area contributed by atoms with Gasteiger partial charge in [-0.1, -0.05) is 40.5 Å². The molecule has 0 rings (SSSR count). The van der Waals surface area contributed by atoms with Crippen molar-refractivity contribution in [3.05, 3.63) is 0 Å². The van der Waals surface area contributed by atoms with Crippen molar-refractivity contribution in [3.63, 3.8) is 0 Å². The Bertz CT molecular complexity index is 284. The number of aliphatic hydroxyl groups is 1. The summed E-state index contributed by atoms with van der Waals surface area (Å²) >= 11 is 0. The van der Waals surface area contributed by atoms with E-state index < -0.39 is 16.1 Å². The molecule has 0 aliphatic rings. The number of nitrogens with one attached hydrogen (secondary N) is 1. The topological polar surface area (TPSA) is 66.4 Å². The molecule has 0 spiro atoms. The van der Waals surface area contributed by atoms with E-state index in [1.165, 1.54) is 0 Å². The second-order valence-electron chi connectivity index (χ2n) is 4.99. The van der Waals surface area contributed by atoms with Crippen molar-refractivity contribution in [1.29, 1.82) is 0 Å². The van der Waals surface area contributed by atoms with Crippen LogP contribution in [0.3, 0.4) is 0 Å². The average molecular weight is 265 g/mol. The lowest BCUT2D eigenvalue weighted by molar-refractivity contribution is 0.107. The Morgan fingerprint density at radius 2 is 1.71 bits per heavy atom. The Morgan fingerprint density at radius 1 is 1.18 bits per heavy atom. The Kier molecular flexibility index (Phi) is 8.00. The van der Waals surface area contributed by atoms with Crippen LogP contribution in [0.5, 0.6) is 0 Å². The largest absolute Gasteiger partial charge is 0.391 e. The fourth-order valence-electron chi connectivity index (χ4n) is 1.67. The van der Waals surface area contributed by atoms with E-state index in [9.17, 15) is 13.5 Å². The molecule has 0 heterocycles. The van der Waals surface area contributed by atoms with Gasteiger partial charge in [0.15, 0.2) is 0 Å². The molecule has 0 bridgehead atoms. The van der Waals surface area contributed by atoms with Gasteiger partial charge in [-0.05, 0) is 18.3 Å². The van der Waals surface area contributed by atoms with Crippen molar-refractivity contribution < 1.29 is 13.5 Å². The van der Waals surface area contributed by atoms with Crippen molar-refractivity contribution >= 4 is 10.0 Å². The molecule has 0 aliphatic carbocycles. The molecule has 0 aromatic rings. The van der Waals surface area contributed by atoms with Gasteiger partial charge in [-0.2, -0.15) is 0 Å². The molecule has 0 amide bonds. The molecule has 1 unspecified atom stereocenters. The van der Waals surface area contributed by atoms with E-state index in [1.807, 2.05) is 27.7 Å². The summed E-state index contributed by atoms with van der Waals surface area (Å²) < 4.78 is 25.7. The van der Waals surface area contributed by atoms with Crippen molar-refractivity contribution in [2.24, 2.45) is 11.8 Å². The zero-order valence-corrected chi connectivity index (χ0v) is 12.3. The SMILES string of the molecule is CCC(CC)C(O)CNS(=O)(=O)CCC(C)C. The highest BCUT2D eigenvalue weighted by atomic mass is 32.2. The van der Waals surface area contributed by atoms with Crippen LogP contribution in [-0.4, -0.2) is 31.9 Å². The first-order valence-corrected chi connectivity index (χ1v) is 8.13. The van der Waals surface area contributed by atoms with Crippen LogP contribution in [0.25, 0.3) is 0 Å². The van der Waals surface area contributed by atoms with Crippen molar-refractivity contribution in [3.8, 4) is 0 Å². The first-order valence-electron chi connectivity index (χ1n) is 6.47. The van der Waals surface area contributed by atoms with E-state index >= 15 is 0 Å². The molecule has 4 nitrogen and oxygen atoms in total. The van der Waals surface area contributed by atoms with Gasteiger partial charge in [0.25, 0.3) is 0 Å². The molecule has 0 aromatic heterocycles. The lowest BCUT2D eigenvalue weighted by Crippen LogP contribution is -2.37. The number of rotatable bonds is 9. The fraction of sp³-hybridized carbons (Fsp3) is 1.00. The quantitative estimate of drug-likeness (QED) is 0.667. The summed E-state index contributed by atoms with van der Waals surface area (Å²) in [5.41, 5.74) is 0. The molecule has 0 saturated heterocycles. The standard InChI is InChI=1S/C12H27NO3S/c1-5-11(6-2)12(14)9-13-17(15,16)8-7-10(3)4/h10-14H,5-9H2,1-4H3. The highest BCUT2D eigenvalue weighted by molar-refractivity contribution is 7.89. The highest BCUT2D eigenvalue weighted by Gasteiger charge is 2.18. The maximum Gasteiger partial charge on any atom is 0.211 e. The van der Waals surface area contributed by atoms with Crippen LogP contribution >= 0.6 is 0 Å². The monoisotopic (exact) mass is 265 g/mol. The summed E-state index contributed by atoms with van der Waals surface area (Å²) in [4.78, 5) is 0. The van der Waals surface area contributed by atoms with Crippen LogP contribution in [0, 0.1) is 11.8 Å². The maximum atomic E-state index is 11.6. The number of hydrogen-bond donors (Lipinski definition) is 2. The van der Waals surface area contributed by atoms with Crippen molar-refractivity contribution in [2.45, 2.75) is 53.1 Å². The normalized spacial score (nSPS) is 14.5. The lowest BCUT2D eigenvalue weighted by atomic mass is 9.97. The Balaban J connectivity index is 4.08. The highest BCUT2D eigenvalue weighted by Crippen LogP contribution is 2.12. The molecule has 0 fully saturated rings. The molecule has 1 atom stereocenters. The summed E-state index contributed by atoms with van der Waals surface area (Å²) in [5.74, 6) is 0.679. The van der Waals surface area contributed by atoms with Gasteiger partial charge in [-0.15, -0.1) is 0 Å². The van der Waals surface area contributed by atoms with Gasteiger partial charge in [0, 0.05) is 6.54 Å². The predicted octanol–water partition coefficient (Wildman–Crippen LogP) is 1.75. The number of aliphatic hydroxyl groups excluding tert-OH is 1. The molecule has 0 aliphatic heterocycles. The maximum absolute atomic E-state index is 11.6. The second-order valence-corrected chi connectivity index (χ2v) is 6.92. The molecule has 0 radical (unpaired) electrons. The smallest absolute Gasteiger partial charge is 0.211 e. The minimum atomic E-state index is -3.23. The van der Waals surface area contributed by atoms with Gasteiger partial charge in [0.1, 0.15) is 0 Å². The van der Waals surface area contributed by atoms with Crippen molar-refractivity contribution in [1.82, 2.24) is 4.72 Å². The first-order chi connectivity index (χ1) is 7.82. The molecule has 0 aromatic carbocycles. The Hall–Kier alpha value is -0.130. The van der Waals surface area contributed by atoms with Crippen LogP contribution in [0.1, 0.15) is 47.0 Å². The molecule has 17 heavy (non-hydrogen) atoms. The number of hydrogen-bond acceptors (Lipinski definition) is 3. The van der Waals surface area contributed by atoms with Gasteiger partial charge in [0.2, 0.25) is 10.0 Å². The number of sulfonamides is 1. The molecule has 0 saturated carbocycles. The molecule has 2 N–H and O–H groups in total. The van der Waals surface area contributed by atoms with Gasteiger partial charge in [-0.3, -0.25) is 0 Å². The predicted molar refractivity (Wildman–Crippen MR) is 71.3 cm³/mol. The van der Waals surface area contributed by atoms with E-state index in [0.29, 0.717) is 12.3 Å². The summed E-state index contributed by atoms with van der Waals surface area (Å²) in [6, 6.07) is 0. The third-order valence-electron chi connectivity index (χ3n) is 3.07. The fourth-order valence-corrected chi connectivity index (χ4v) is 3.03. The second kappa shape index (κ2) is 8.06. The summed E-state index contributed by atoms with van der Waals surface area (Å²) in [6.45, 7) is 8.13. The minimum absolute atomic E-state index is 0.132. The van der Waals surface area contributed by atoms with Crippen LogP contribution in [0.4, 0.5) is 0 Å². The van der Waals surface area contributed by atoms with Crippen LogP contribution < -0.4 is 4.72 Å². The van der Waals surface area contributed by atoms with Gasteiger partial charge < -0.3 is 5.11 Å².